The van der Waals surface area contributed by atoms with Crippen LogP contribution in [0.4, 0.5) is 0 Å². The van der Waals surface area contributed by atoms with Crippen molar-refractivity contribution in [2.24, 2.45) is 0 Å². The number of aromatic amines is 1. The fourth-order valence-corrected chi connectivity index (χ4v) is 3.18. The lowest BCUT2D eigenvalue weighted by Gasteiger charge is -2.05. The zero-order valence-electron chi connectivity index (χ0n) is 13.1. The van der Waals surface area contributed by atoms with E-state index in [1.165, 1.54) is 12.3 Å². The molecule has 2 N–H and O–H groups in total. The van der Waals surface area contributed by atoms with E-state index in [9.17, 15) is 4.79 Å². The normalized spacial score (nSPS) is 11.0. The van der Waals surface area contributed by atoms with Crippen molar-refractivity contribution in [1.82, 2.24) is 19.9 Å². The van der Waals surface area contributed by atoms with E-state index in [2.05, 4.69) is 35.9 Å². The summed E-state index contributed by atoms with van der Waals surface area (Å²) in [7, 11) is 0. The van der Waals surface area contributed by atoms with Crippen LogP contribution in [0.3, 0.4) is 0 Å². The summed E-state index contributed by atoms with van der Waals surface area (Å²) in [6.45, 7) is 0. The van der Waals surface area contributed by atoms with Gasteiger partial charge in [-0.3, -0.25) is 9.97 Å². The van der Waals surface area contributed by atoms with E-state index >= 15 is 0 Å². The Morgan fingerprint density at radius 3 is 2.65 bits per heavy atom. The number of carboxylic acids is 1. The summed E-state index contributed by atoms with van der Waals surface area (Å²) in [6, 6.07) is 10.8. The number of nitrogens with zero attached hydrogens (tertiary/aromatic N) is 3. The van der Waals surface area contributed by atoms with Crippen molar-refractivity contribution >= 4 is 44.5 Å². The number of hydrogen-bond donors (Lipinski definition) is 2. The van der Waals surface area contributed by atoms with E-state index in [-0.39, 0.29) is 10.6 Å². The van der Waals surface area contributed by atoms with Gasteiger partial charge >= 0.3 is 5.97 Å². The molecule has 6 nitrogen and oxygen atoms in total. The number of aromatic nitrogens is 4. The van der Waals surface area contributed by atoms with E-state index < -0.39 is 5.97 Å². The number of fused-ring (bicyclic) bond motifs is 1. The van der Waals surface area contributed by atoms with Gasteiger partial charge in [0.1, 0.15) is 5.69 Å². The Bertz CT molecular complexity index is 1140. The Labute approximate surface area is 161 Å². The number of rotatable bonds is 3. The van der Waals surface area contributed by atoms with E-state index in [0.717, 1.165) is 15.5 Å². The van der Waals surface area contributed by atoms with Crippen molar-refractivity contribution in [2.75, 3.05) is 0 Å². The molecule has 1 aromatic carbocycles. The Hall–Kier alpha value is -2.77. The van der Waals surface area contributed by atoms with Crippen LogP contribution in [0, 0.1) is 0 Å². The van der Waals surface area contributed by atoms with Gasteiger partial charge in [-0.2, -0.15) is 0 Å². The van der Waals surface area contributed by atoms with Crippen molar-refractivity contribution in [1.29, 1.82) is 0 Å². The van der Waals surface area contributed by atoms with Gasteiger partial charge in [-0.25, -0.2) is 9.78 Å². The summed E-state index contributed by atoms with van der Waals surface area (Å²) in [5.41, 5.74) is 3.65. The fourth-order valence-electron chi connectivity index (χ4n) is 2.54. The summed E-state index contributed by atoms with van der Waals surface area (Å²) in [5, 5.41) is 9.24. The van der Waals surface area contributed by atoms with Crippen LogP contribution < -0.4 is 0 Å². The number of imidazole rings is 1. The number of hydrogen-bond acceptors (Lipinski definition) is 4. The molecule has 0 saturated heterocycles. The van der Waals surface area contributed by atoms with E-state index in [0.29, 0.717) is 22.8 Å². The second-order valence-corrected chi connectivity index (χ2v) is 6.86. The zero-order chi connectivity index (χ0) is 18.3. The maximum Gasteiger partial charge on any atom is 0.337 e. The van der Waals surface area contributed by atoms with Crippen LogP contribution in [-0.2, 0) is 0 Å². The number of benzene rings is 1. The molecular weight excluding hydrogens is 420 g/mol. The molecule has 0 aliphatic carbocycles. The van der Waals surface area contributed by atoms with Crippen molar-refractivity contribution in [3.8, 4) is 22.8 Å². The van der Waals surface area contributed by atoms with Gasteiger partial charge in [0.2, 0.25) is 0 Å². The van der Waals surface area contributed by atoms with Crippen molar-refractivity contribution in [3.63, 3.8) is 0 Å². The highest BCUT2D eigenvalue weighted by Gasteiger charge is 2.12. The highest BCUT2D eigenvalue weighted by atomic mass is 79.9. The number of carbonyl (C=O) groups is 1. The van der Waals surface area contributed by atoms with Crippen LogP contribution in [0.15, 0.2) is 53.3 Å². The SMILES string of the molecule is O=C(O)c1cnc(-c2ccc(-c3nc4ccc(Br)cc4[nH]3)nc2)c(Cl)c1. The van der Waals surface area contributed by atoms with Crippen molar-refractivity contribution in [2.45, 2.75) is 0 Å². The molecular formula is C18H10BrClN4O2. The van der Waals surface area contributed by atoms with E-state index in [1.807, 2.05) is 30.3 Å². The van der Waals surface area contributed by atoms with Gasteiger partial charge < -0.3 is 10.1 Å². The van der Waals surface area contributed by atoms with Gasteiger partial charge in [0.15, 0.2) is 5.82 Å². The first kappa shape index (κ1) is 16.7. The van der Waals surface area contributed by atoms with Crippen LogP contribution in [0.5, 0.6) is 0 Å². The summed E-state index contributed by atoms with van der Waals surface area (Å²) in [4.78, 5) is 27.3. The smallest absolute Gasteiger partial charge is 0.337 e. The molecule has 3 aromatic heterocycles. The fraction of sp³-hybridized carbons (Fsp3) is 0. The largest absolute Gasteiger partial charge is 0.478 e. The van der Waals surface area contributed by atoms with Crippen LogP contribution in [0.25, 0.3) is 33.8 Å². The number of carboxylic acid groups (broad SMARTS) is 1. The van der Waals surface area contributed by atoms with Crippen molar-refractivity contribution < 1.29 is 9.90 Å². The quantitative estimate of drug-likeness (QED) is 0.488. The maximum atomic E-state index is 11.0. The summed E-state index contributed by atoms with van der Waals surface area (Å²) >= 11 is 9.59. The minimum atomic E-state index is -1.07. The third-order valence-corrected chi connectivity index (χ3v) is 4.59. The van der Waals surface area contributed by atoms with Gasteiger partial charge in [0.05, 0.1) is 27.3 Å². The lowest BCUT2D eigenvalue weighted by atomic mass is 10.1. The highest BCUT2D eigenvalue weighted by Crippen LogP contribution is 2.28. The molecule has 0 aliphatic heterocycles. The molecule has 3 heterocycles. The lowest BCUT2D eigenvalue weighted by molar-refractivity contribution is 0.0696. The molecule has 0 spiro atoms. The number of aromatic carboxylic acids is 1. The Kier molecular flexibility index (Phi) is 4.18. The number of H-pyrrole nitrogens is 1. The maximum absolute atomic E-state index is 11.0. The third-order valence-electron chi connectivity index (χ3n) is 3.81. The second kappa shape index (κ2) is 6.51. The van der Waals surface area contributed by atoms with Gasteiger partial charge in [-0.1, -0.05) is 27.5 Å². The lowest BCUT2D eigenvalue weighted by Crippen LogP contribution is -1.98. The molecule has 0 fully saturated rings. The Balaban J connectivity index is 1.69. The molecule has 128 valence electrons. The summed E-state index contributed by atoms with van der Waals surface area (Å²) < 4.78 is 0.967. The van der Waals surface area contributed by atoms with Crippen LogP contribution >= 0.6 is 27.5 Å². The number of pyridine rings is 2. The number of nitrogens with one attached hydrogen (secondary N) is 1. The topological polar surface area (TPSA) is 91.8 Å². The monoisotopic (exact) mass is 428 g/mol. The second-order valence-electron chi connectivity index (χ2n) is 5.54. The number of halogens is 2. The Morgan fingerprint density at radius 1 is 1.12 bits per heavy atom. The average Bonchev–Trinajstić information content (AvgIpc) is 3.05. The van der Waals surface area contributed by atoms with Gasteiger partial charge in [0, 0.05) is 22.4 Å². The molecule has 0 radical (unpaired) electrons. The first-order valence-corrected chi connectivity index (χ1v) is 8.69. The predicted octanol–water partition coefficient (Wildman–Crippen LogP) is 4.80. The molecule has 0 amide bonds. The van der Waals surface area contributed by atoms with Crippen LogP contribution in [0.2, 0.25) is 5.02 Å². The molecule has 0 atom stereocenters. The summed E-state index contributed by atoms with van der Waals surface area (Å²) in [5.74, 6) is -0.416. The Morgan fingerprint density at radius 2 is 1.96 bits per heavy atom. The molecule has 0 bridgehead atoms. The summed E-state index contributed by atoms with van der Waals surface area (Å²) in [6.07, 6.45) is 2.90. The molecule has 0 saturated carbocycles. The van der Waals surface area contributed by atoms with Gasteiger partial charge in [-0.15, -0.1) is 0 Å². The predicted molar refractivity (Wildman–Crippen MR) is 102 cm³/mol. The molecule has 0 unspecified atom stereocenters. The first-order chi connectivity index (χ1) is 12.5. The molecule has 4 aromatic rings. The van der Waals surface area contributed by atoms with Gasteiger partial charge in [-0.05, 0) is 36.4 Å². The van der Waals surface area contributed by atoms with Crippen molar-refractivity contribution in [3.05, 3.63) is 63.9 Å². The van der Waals surface area contributed by atoms with Crippen LogP contribution in [-0.4, -0.2) is 31.0 Å². The molecule has 26 heavy (non-hydrogen) atoms. The molecule has 8 heteroatoms. The first-order valence-electron chi connectivity index (χ1n) is 7.52. The third kappa shape index (κ3) is 3.07. The average molecular weight is 430 g/mol. The standard InChI is InChI=1S/C18H10BrClN4O2/c19-11-2-4-13-15(6-11)24-17(23-13)14-3-1-9(7-21-14)16-12(20)5-10(8-22-16)18(25)26/h1-8H,(H,23,24)(H,25,26). The minimum Gasteiger partial charge on any atom is -0.478 e. The minimum absolute atomic E-state index is 0.0387. The molecule has 4 rings (SSSR count). The van der Waals surface area contributed by atoms with Gasteiger partial charge in [0.25, 0.3) is 0 Å². The van der Waals surface area contributed by atoms with Crippen LogP contribution in [0.1, 0.15) is 10.4 Å². The van der Waals surface area contributed by atoms with E-state index in [4.69, 9.17) is 16.7 Å². The zero-order valence-corrected chi connectivity index (χ0v) is 15.4. The molecule has 0 aliphatic rings. The highest BCUT2D eigenvalue weighted by molar-refractivity contribution is 9.10. The van der Waals surface area contributed by atoms with E-state index in [1.54, 1.807) is 6.20 Å².